The van der Waals surface area contributed by atoms with Gasteiger partial charge in [-0.2, -0.15) is 0 Å². The van der Waals surface area contributed by atoms with Gasteiger partial charge in [-0.05, 0) is 86.8 Å². The van der Waals surface area contributed by atoms with Gasteiger partial charge in [0.1, 0.15) is 5.75 Å². The lowest BCUT2D eigenvalue weighted by atomic mass is 9.71. The summed E-state index contributed by atoms with van der Waals surface area (Å²) in [6.45, 7) is 5.41. The molecule has 1 nitrogen and oxygen atoms in total. The van der Waals surface area contributed by atoms with E-state index in [2.05, 4.69) is 44.2 Å². The fourth-order valence-corrected chi connectivity index (χ4v) is 5.02. The lowest BCUT2D eigenvalue weighted by Crippen LogP contribution is -2.23. The quantitative estimate of drug-likeness (QED) is 0.320. The highest BCUT2D eigenvalue weighted by Gasteiger charge is 2.27. The van der Waals surface area contributed by atoms with Gasteiger partial charge in [0.05, 0.1) is 6.61 Å². The van der Waals surface area contributed by atoms with Gasteiger partial charge in [-0.25, -0.2) is 0 Å². The number of rotatable bonds is 9. The summed E-state index contributed by atoms with van der Waals surface area (Å²) in [6, 6.07) is 8.78. The number of unbranched alkanes of at least 4 members (excludes halogenated alkanes) is 1. The first-order chi connectivity index (χ1) is 13.3. The Labute approximate surface area is 167 Å². The van der Waals surface area contributed by atoms with Crippen molar-refractivity contribution in [3.8, 4) is 5.75 Å². The van der Waals surface area contributed by atoms with E-state index in [1.165, 1.54) is 76.2 Å². The predicted octanol–water partition coefficient (Wildman–Crippen LogP) is 7.74. The summed E-state index contributed by atoms with van der Waals surface area (Å²) < 4.78 is 5.77. The molecule has 2 aliphatic carbocycles. The molecule has 0 N–H and O–H groups in total. The minimum absolute atomic E-state index is 0.837. The van der Waals surface area contributed by atoms with E-state index in [1.54, 1.807) is 5.57 Å². The Kier molecular flexibility index (Phi) is 8.30. The summed E-state index contributed by atoms with van der Waals surface area (Å²) in [7, 11) is 0. The number of allylic oxidation sites excluding steroid dienone is 2. The van der Waals surface area contributed by atoms with Crippen LogP contribution in [0.3, 0.4) is 0 Å². The van der Waals surface area contributed by atoms with Gasteiger partial charge in [0.2, 0.25) is 0 Å². The van der Waals surface area contributed by atoms with Crippen LogP contribution >= 0.6 is 0 Å². The molecule has 0 bridgehead atoms. The van der Waals surface area contributed by atoms with Gasteiger partial charge in [0.15, 0.2) is 0 Å². The monoisotopic (exact) mass is 368 g/mol. The molecular weight excluding hydrogens is 328 g/mol. The number of ether oxygens (including phenoxy) is 1. The van der Waals surface area contributed by atoms with Crippen molar-refractivity contribution in [2.75, 3.05) is 6.61 Å². The van der Waals surface area contributed by atoms with Gasteiger partial charge in [-0.15, -0.1) is 0 Å². The molecule has 1 fully saturated rings. The van der Waals surface area contributed by atoms with E-state index in [4.69, 9.17) is 4.74 Å². The number of hydrogen-bond donors (Lipinski definition) is 0. The molecule has 1 atom stereocenters. The van der Waals surface area contributed by atoms with E-state index < -0.39 is 0 Å². The van der Waals surface area contributed by atoms with Gasteiger partial charge in [0, 0.05) is 0 Å². The zero-order chi connectivity index (χ0) is 18.9. The molecule has 0 aliphatic heterocycles. The van der Waals surface area contributed by atoms with E-state index >= 15 is 0 Å². The van der Waals surface area contributed by atoms with Crippen molar-refractivity contribution in [1.82, 2.24) is 0 Å². The molecule has 150 valence electrons. The van der Waals surface area contributed by atoms with Crippen LogP contribution in [0.25, 0.3) is 0 Å². The van der Waals surface area contributed by atoms with Gasteiger partial charge in [-0.3, -0.25) is 0 Å². The number of benzene rings is 1. The second kappa shape index (κ2) is 10.9. The smallest absolute Gasteiger partial charge is 0.119 e. The van der Waals surface area contributed by atoms with Crippen LogP contribution in [0.5, 0.6) is 5.75 Å². The normalized spacial score (nSPS) is 25.9. The van der Waals surface area contributed by atoms with Crippen LogP contribution in [-0.4, -0.2) is 6.61 Å². The topological polar surface area (TPSA) is 9.23 Å². The summed E-state index contributed by atoms with van der Waals surface area (Å²) in [5, 5.41) is 0. The summed E-state index contributed by atoms with van der Waals surface area (Å²) in [5.74, 6) is 4.04. The van der Waals surface area contributed by atoms with Crippen LogP contribution < -0.4 is 4.74 Å². The Balaban J connectivity index is 1.39. The van der Waals surface area contributed by atoms with Crippen molar-refractivity contribution >= 4 is 0 Å². The van der Waals surface area contributed by atoms with E-state index in [1.807, 2.05) is 0 Å². The van der Waals surface area contributed by atoms with Crippen LogP contribution in [-0.2, 0) is 6.42 Å². The van der Waals surface area contributed by atoms with Crippen molar-refractivity contribution < 1.29 is 4.74 Å². The molecule has 0 heterocycles. The third kappa shape index (κ3) is 6.40. The van der Waals surface area contributed by atoms with Gasteiger partial charge in [-0.1, -0.05) is 63.3 Å². The Morgan fingerprint density at radius 1 is 0.889 bits per heavy atom. The molecule has 0 radical (unpaired) electrons. The summed E-state index contributed by atoms with van der Waals surface area (Å²) in [4.78, 5) is 0. The predicted molar refractivity (Wildman–Crippen MR) is 116 cm³/mol. The Hall–Kier alpha value is -1.24. The molecule has 2 aliphatic rings. The summed E-state index contributed by atoms with van der Waals surface area (Å²) in [5.41, 5.74) is 3.15. The van der Waals surface area contributed by atoms with Crippen molar-refractivity contribution in [1.29, 1.82) is 0 Å². The van der Waals surface area contributed by atoms with Gasteiger partial charge in [0.25, 0.3) is 0 Å². The molecule has 1 heteroatoms. The molecule has 3 rings (SSSR count). The first-order valence-corrected chi connectivity index (χ1v) is 11.7. The third-order valence-electron chi connectivity index (χ3n) is 7.11. The van der Waals surface area contributed by atoms with Gasteiger partial charge >= 0.3 is 0 Å². The van der Waals surface area contributed by atoms with Crippen molar-refractivity contribution in [3.05, 3.63) is 41.5 Å². The standard InChI is InChI=1S/C26H40O/c1-3-5-20-27-26-18-12-23(13-19-26)7-6-22-10-16-25(17-11-22)24-14-8-21(4-2)9-15-24/h10,12-13,18-19,21,24-25H,3-9,11,14-17,20H2,1-2H3. The van der Waals surface area contributed by atoms with E-state index in [0.29, 0.717) is 0 Å². The largest absolute Gasteiger partial charge is 0.494 e. The molecule has 0 amide bonds. The van der Waals surface area contributed by atoms with Crippen LogP contribution in [0.4, 0.5) is 0 Å². The van der Waals surface area contributed by atoms with Gasteiger partial charge < -0.3 is 4.74 Å². The maximum absolute atomic E-state index is 5.77. The minimum atomic E-state index is 0.837. The number of hydrogen-bond acceptors (Lipinski definition) is 1. The SMILES string of the molecule is CCCCOc1ccc(CCC2=CCC(C3CCC(CC)CC3)CC2)cc1. The minimum Gasteiger partial charge on any atom is -0.494 e. The Morgan fingerprint density at radius 3 is 2.30 bits per heavy atom. The molecule has 1 aromatic rings. The van der Waals surface area contributed by atoms with Crippen molar-refractivity contribution in [3.63, 3.8) is 0 Å². The van der Waals surface area contributed by atoms with Crippen LogP contribution in [0.1, 0.15) is 90.0 Å². The zero-order valence-electron chi connectivity index (χ0n) is 17.7. The van der Waals surface area contributed by atoms with E-state index in [0.717, 1.165) is 36.5 Å². The fraction of sp³-hybridized carbons (Fsp3) is 0.692. The Bertz CT molecular complexity index is 562. The number of aryl methyl sites for hydroxylation is 1. The molecule has 1 aromatic carbocycles. The first kappa shape index (κ1) is 20.5. The molecule has 0 saturated heterocycles. The highest BCUT2D eigenvalue weighted by Crippen LogP contribution is 2.40. The van der Waals surface area contributed by atoms with E-state index in [9.17, 15) is 0 Å². The third-order valence-corrected chi connectivity index (χ3v) is 7.11. The molecular formula is C26H40O. The maximum atomic E-state index is 5.77. The molecule has 1 saturated carbocycles. The second-order valence-electron chi connectivity index (χ2n) is 8.93. The van der Waals surface area contributed by atoms with Crippen molar-refractivity contribution in [2.24, 2.45) is 17.8 Å². The average molecular weight is 369 g/mol. The van der Waals surface area contributed by atoms with Crippen LogP contribution in [0.2, 0.25) is 0 Å². The lowest BCUT2D eigenvalue weighted by molar-refractivity contribution is 0.189. The molecule has 1 unspecified atom stereocenters. The zero-order valence-corrected chi connectivity index (χ0v) is 17.7. The van der Waals surface area contributed by atoms with Crippen LogP contribution in [0.15, 0.2) is 35.9 Å². The maximum Gasteiger partial charge on any atom is 0.119 e. The fourth-order valence-electron chi connectivity index (χ4n) is 5.02. The van der Waals surface area contributed by atoms with Crippen molar-refractivity contribution in [2.45, 2.75) is 90.9 Å². The van der Waals surface area contributed by atoms with E-state index in [-0.39, 0.29) is 0 Å². The summed E-state index contributed by atoms with van der Waals surface area (Å²) >= 11 is 0. The molecule has 0 aromatic heterocycles. The average Bonchev–Trinajstić information content (AvgIpc) is 2.74. The summed E-state index contributed by atoms with van der Waals surface area (Å²) in [6.07, 6.45) is 18.9. The first-order valence-electron chi connectivity index (χ1n) is 11.7. The highest BCUT2D eigenvalue weighted by molar-refractivity contribution is 5.28. The molecule has 27 heavy (non-hydrogen) atoms. The second-order valence-corrected chi connectivity index (χ2v) is 8.93. The van der Waals surface area contributed by atoms with Crippen LogP contribution in [0, 0.1) is 17.8 Å². The highest BCUT2D eigenvalue weighted by atomic mass is 16.5. The molecule has 0 spiro atoms. The Morgan fingerprint density at radius 2 is 1.67 bits per heavy atom. The lowest BCUT2D eigenvalue weighted by Gasteiger charge is -2.35.